The van der Waals surface area contributed by atoms with Crippen molar-refractivity contribution in [3.8, 4) is 11.5 Å². The molecule has 0 saturated carbocycles. The fourth-order valence-electron chi connectivity index (χ4n) is 2.36. The summed E-state index contributed by atoms with van der Waals surface area (Å²) >= 11 is 6.14. The lowest BCUT2D eigenvalue weighted by Crippen LogP contribution is -2.49. The maximum absolute atomic E-state index is 6.14. The van der Waals surface area contributed by atoms with E-state index in [1.54, 1.807) is 0 Å². The van der Waals surface area contributed by atoms with E-state index in [9.17, 15) is 0 Å². The Labute approximate surface area is 122 Å². The summed E-state index contributed by atoms with van der Waals surface area (Å²) in [5, 5.41) is 8.04. The molecule has 1 aliphatic heterocycles. The molecule has 1 aromatic heterocycles. The van der Waals surface area contributed by atoms with E-state index in [-0.39, 0.29) is 0 Å². The lowest BCUT2D eigenvalue weighted by Gasteiger charge is -2.32. The van der Waals surface area contributed by atoms with Crippen LogP contribution in [0.4, 0.5) is 0 Å². The van der Waals surface area contributed by atoms with Crippen molar-refractivity contribution in [2.75, 3.05) is 19.6 Å². The summed E-state index contributed by atoms with van der Waals surface area (Å²) in [6, 6.07) is 7.97. The number of nitrogens with one attached hydrogen (secondary N) is 1. The quantitative estimate of drug-likeness (QED) is 0.940. The van der Waals surface area contributed by atoms with Gasteiger partial charge in [-0.15, -0.1) is 0 Å². The summed E-state index contributed by atoms with van der Waals surface area (Å²) in [7, 11) is 0. The summed E-state index contributed by atoms with van der Waals surface area (Å²) in [6.45, 7) is 5.89. The minimum Gasteiger partial charge on any atom is -0.334 e. The van der Waals surface area contributed by atoms with E-state index >= 15 is 0 Å². The lowest BCUT2D eigenvalue weighted by atomic mass is 10.2. The van der Waals surface area contributed by atoms with Crippen LogP contribution in [0.1, 0.15) is 12.7 Å². The second kappa shape index (κ2) is 5.91. The second-order valence-electron chi connectivity index (χ2n) is 5.02. The van der Waals surface area contributed by atoms with E-state index < -0.39 is 0 Å². The van der Waals surface area contributed by atoms with Crippen LogP contribution in [-0.2, 0) is 6.54 Å². The molecule has 6 heteroatoms. The van der Waals surface area contributed by atoms with E-state index in [0.29, 0.717) is 29.3 Å². The second-order valence-corrected chi connectivity index (χ2v) is 5.43. The van der Waals surface area contributed by atoms with E-state index in [2.05, 4.69) is 27.3 Å². The Morgan fingerprint density at radius 2 is 2.30 bits per heavy atom. The molecule has 1 aromatic carbocycles. The van der Waals surface area contributed by atoms with E-state index in [1.165, 1.54) is 0 Å². The smallest absolute Gasteiger partial charge is 0.259 e. The number of nitrogens with zero attached hydrogens (tertiary/aromatic N) is 3. The fourth-order valence-corrected chi connectivity index (χ4v) is 2.58. The summed E-state index contributed by atoms with van der Waals surface area (Å²) in [5.74, 6) is 1.18. The maximum Gasteiger partial charge on any atom is 0.259 e. The first-order valence-corrected chi connectivity index (χ1v) is 7.14. The van der Waals surface area contributed by atoms with Crippen LogP contribution < -0.4 is 5.32 Å². The molecule has 2 heterocycles. The van der Waals surface area contributed by atoms with Crippen molar-refractivity contribution < 1.29 is 4.52 Å². The molecule has 0 bridgehead atoms. The van der Waals surface area contributed by atoms with Gasteiger partial charge in [-0.3, -0.25) is 4.90 Å². The average Bonchev–Trinajstić information content (AvgIpc) is 2.90. The monoisotopic (exact) mass is 292 g/mol. The zero-order chi connectivity index (χ0) is 13.9. The van der Waals surface area contributed by atoms with Crippen molar-refractivity contribution in [3.63, 3.8) is 0 Å². The first-order chi connectivity index (χ1) is 9.74. The van der Waals surface area contributed by atoms with Crippen molar-refractivity contribution in [2.45, 2.75) is 19.5 Å². The molecule has 106 valence electrons. The molecule has 1 N–H and O–H groups in total. The zero-order valence-corrected chi connectivity index (χ0v) is 12.1. The molecule has 1 saturated heterocycles. The molecular weight excluding hydrogens is 276 g/mol. The Morgan fingerprint density at radius 3 is 3.10 bits per heavy atom. The molecule has 20 heavy (non-hydrogen) atoms. The Balaban J connectivity index is 1.75. The number of aromatic nitrogens is 2. The van der Waals surface area contributed by atoms with Gasteiger partial charge in [0, 0.05) is 25.7 Å². The van der Waals surface area contributed by atoms with Crippen LogP contribution in [0.2, 0.25) is 5.02 Å². The number of piperazine rings is 1. The molecule has 0 amide bonds. The maximum atomic E-state index is 6.14. The van der Waals surface area contributed by atoms with Gasteiger partial charge in [0.25, 0.3) is 5.89 Å². The van der Waals surface area contributed by atoms with Crippen molar-refractivity contribution in [1.29, 1.82) is 0 Å². The van der Waals surface area contributed by atoms with Crippen LogP contribution in [0.25, 0.3) is 11.5 Å². The Morgan fingerprint density at radius 1 is 1.45 bits per heavy atom. The molecule has 2 aromatic rings. The Hall–Kier alpha value is -1.43. The number of hydrogen-bond donors (Lipinski definition) is 1. The van der Waals surface area contributed by atoms with Crippen molar-refractivity contribution >= 4 is 11.6 Å². The lowest BCUT2D eigenvalue weighted by molar-refractivity contribution is 0.160. The third kappa shape index (κ3) is 2.85. The SMILES string of the molecule is C[C@H]1CNCCN1Cc1noc(-c2ccccc2Cl)n1. The van der Waals surface area contributed by atoms with Crippen LogP contribution in [0, 0.1) is 0 Å². The largest absolute Gasteiger partial charge is 0.334 e. The molecular formula is C14H17ClN4O. The number of hydrogen-bond acceptors (Lipinski definition) is 5. The first kappa shape index (κ1) is 13.5. The normalized spacial score (nSPS) is 20.2. The van der Waals surface area contributed by atoms with Crippen molar-refractivity contribution in [2.24, 2.45) is 0 Å². The van der Waals surface area contributed by atoms with Crippen LogP contribution in [0.5, 0.6) is 0 Å². The Kier molecular flexibility index (Phi) is 4.00. The summed E-state index contributed by atoms with van der Waals surface area (Å²) in [6.07, 6.45) is 0. The predicted octanol–water partition coefficient (Wildman–Crippen LogP) is 2.18. The third-order valence-corrected chi connectivity index (χ3v) is 3.89. The van der Waals surface area contributed by atoms with Gasteiger partial charge in [0.15, 0.2) is 5.82 Å². The van der Waals surface area contributed by atoms with E-state index in [4.69, 9.17) is 16.1 Å². The highest BCUT2D eigenvalue weighted by atomic mass is 35.5. The van der Waals surface area contributed by atoms with Crippen LogP contribution >= 0.6 is 11.6 Å². The highest BCUT2D eigenvalue weighted by molar-refractivity contribution is 6.33. The third-order valence-electron chi connectivity index (χ3n) is 3.56. The topological polar surface area (TPSA) is 54.2 Å². The highest BCUT2D eigenvalue weighted by Gasteiger charge is 2.20. The number of benzene rings is 1. The van der Waals surface area contributed by atoms with Crippen LogP contribution in [0.3, 0.4) is 0 Å². The summed E-state index contributed by atoms with van der Waals surface area (Å²) in [5.41, 5.74) is 0.779. The number of rotatable bonds is 3. The highest BCUT2D eigenvalue weighted by Crippen LogP contribution is 2.26. The minimum absolute atomic E-state index is 0.478. The van der Waals surface area contributed by atoms with Gasteiger partial charge in [0.05, 0.1) is 17.1 Å². The number of halogens is 1. The van der Waals surface area contributed by atoms with Crippen LogP contribution in [0.15, 0.2) is 28.8 Å². The van der Waals surface area contributed by atoms with Crippen molar-refractivity contribution in [3.05, 3.63) is 35.1 Å². The first-order valence-electron chi connectivity index (χ1n) is 6.76. The van der Waals surface area contributed by atoms with Crippen molar-refractivity contribution in [1.82, 2.24) is 20.4 Å². The average molecular weight is 293 g/mol. The molecule has 0 aliphatic carbocycles. The van der Waals surface area contributed by atoms with E-state index in [0.717, 1.165) is 25.2 Å². The molecule has 0 unspecified atom stereocenters. The standard InChI is InChI=1S/C14H17ClN4O/c1-10-8-16-6-7-19(10)9-13-17-14(20-18-13)11-4-2-3-5-12(11)15/h2-5,10,16H,6-9H2,1H3/t10-/m0/s1. The molecule has 5 nitrogen and oxygen atoms in total. The van der Waals surface area contributed by atoms with Gasteiger partial charge in [0.2, 0.25) is 0 Å². The summed E-state index contributed by atoms with van der Waals surface area (Å²) < 4.78 is 5.32. The van der Waals surface area contributed by atoms with Crippen LogP contribution in [-0.4, -0.2) is 40.7 Å². The molecule has 3 rings (SSSR count). The molecule has 1 fully saturated rings. The van der Waals surface area contributed by atoms with Gasteiger partial charge in [-0.2, -0.15) is 4.98 Å². The van der Waals surface area contributed by atoms with Gasteiger partial charge in [-0.25, -0.2) is 0 Å². The van der Waals surface area contributed by atoms with Gasteiger partial charge in [0.1, 0.15) is 0 Å². The van der Waals surface area contributed by atoms with Gasteiger partial charge in [-0.1, -0.05) is 28.9 Å². The molecule has 1 aliphatic rings. The Bertz CT molecular complexity index is 586. The zero-order valence-electron chi connectivity index (χ0n) is 11.3. The molecule has 0 radical (unpaired) electrons. The van der Waals surface area contributed by atoms with Gasteiger partial charge >= 0.3 is 0 Å². The summed E-state index contributed by atoms with van der Waals surface area (Å²) in [4.78, 5) is 6.79. The predicted molar refractivity (Wildman–Crippen MR) is 77.5 cm³/mol. The fraction of sp³-hybridized carbons (Fsp3) is 0.429. The van der Waals surface area contributed by atoms with Gasteiger partial charge in [-0.05, 0) is 19.1 Å². The molecule has 0 spiro atoms. The van der Waals surface area contributed by atoms with E-state index in [1.807, 2.05) is 24.3 Å². The minimum atomic E-state index is 0.478. The molecule has 1 atom stereocenters. The van der Waals surface area contributed by atoms with Gasteiger partial charge < -0.3 is 9.84 Å².